The number of benzene rings is 1. The summed E-state index contributed by atoms with van der Waals surface area (Å²) in [6.45, 7) is 2.60. The van der Waals surface area contributed by atoms with Gasteiger partial charge in [0.25, 0.3) is 0 Å². The second-order valence-electron chi connectivity index (χ2n) is 3.52. The van der Waals surface area contributed by atoms with Crippen molar-refractivity contribution < 1.29 is 4.74 Å². The smallest absolute Gasteiger partial charge is 0.124 e. The predicted molar refractivity (Wildman–Crippen MR) is 71.9 cm³/mol. The SMILES string of the molecule is Cc1ccc(N)cc1OCc1ccc(Br)s1. The van der Waals surface area contributed by atoms with Gasteiger partial charge in [-0.2, -0.15) is 0 Å². The molecule has 0 aliphatic carbocycles. The molecule has 0 bridgehead atoms. The lowest BCUT2D eigenvalue weighted by atomic mass is 10.2. The molecule has 2 aromatic rings. The molecule has 1 aromatic heterocycles. The lowest BCUT2D eigenvalue weighted by Gasteiger charge is -2.08. The van der Waals surface area contributed by atoms with Crippen molar-refractivity contribution in [2.45, 2.75) is 13.5 Å². The van der Waals surface area contributed by atoms with Crippen LogP contribution in [0.5, 0.6) is 5.75 Å². The number of hydrogen-bond donors (Lipinski definition) is 1. The molecule has 4 heteroatoms. The first-order chi connectivity index (χ1) is 7.65. The van der Waals surface area contributed by atoms with Crippen molar-refractivity contribution in [2.24, 2.45) is 0 Å². The molecule has 0 spiro atoms. The maximum atomic E-state index is 5.73. The van der Waals surface area contributed by atoms with E-state index in [1.165, 1.54) is 4.88 Å². The van der Waals surface area contributed by atoms with E-state index in [2.05, 4.69) is 22.0 Å². The number of nitrogen functional groups attached to an aromatic ring is 1. The Balaban J connectivity index is 2.07. The van der Waals surface area contributed by atoms with E-state index in [4.69, 9.17) is 10.5 Å². The standard InChI is InChI=1S/C12H12BrNOS/c1-8-2-3-9(14)6-11(8)15-7-10-4-5-12(13)16-10/h2-6H,7,14H2,1H3. The highest BCUT2D eigenvalue weighted by Crippen LogP contribution is 2.25. The molecule has 1 heterocycles. The molecule has 2 rings (SSSR count). The number of rotatable bonds is 3. The summed E-state index contributed by atoms with van der Waals surface area (Å²) in [6.07, 6.45) is 0. The van der Waals surface area contributed by atoms with Crippen molar-refractivity contribution in [2.75, 3.05) is 5.73 Å². The first kappa shape index (κ1) is 11.5. The minimum absolute atomic E-state index is 0.584. The molecule has 0 radical (unpaired) electrons. The van der Waals surface area contributed by atoms with Crippen molar-refractivity contribution >= 4 is 33.0 Å². The van der Waals surface area contributed by atoms with E-state index in [1.54, 1.807) is 11.3 Å². The summed E-state index contributed by atoms with van der Waals surface area (Å²) >= 11 is 5.10. The molecule has 2 N–H and O–H groups in total. The van der Waals surface area contributed by atoms with Gasteiger partial charge in [-0.1, -0.05) is 6.07 Å². The van der Waals surface area contributed by atoms with Crippen LogP contribution < -0.4 is 10.5 Å². The van der Waals surface area contributed by atoms with Gasteiger partial charge >= 0.3 is 0 Å². The van der Waals surface area contributed by atoms with E-state index in [9.17, 15) is 0 Å². The molecule has 1 aromatic carbocycles. The second kappa shape index (κ2) is 4.89. The average Bonchev–Trinajstić information content (AvgIpc) is 2.66. The number of thiophene rings is 1. The van der Waals surface area contributed by atoms with E-state index < -0.39 is 0 Å². The fraction of sp³-hybridized carbons (Fsp3) is 0.167. The minimum atomic E-state index is 0.584. The van der Waals surface area contributed by atoms with Crippen LogP contribution in [0, 0.1) is 6.92 Å². The number of nitrogens with two attached hydrogens (primary N) is 1. The summed E-state index contributed by atoms with van der Waals surface area (Å²) in [4.78, 5) is 1.19. The van der Waals surface area contributed by atoms with Crippen LogP contribution >= 0.6 is 27.3 Å². The van der Waals surface area contributed by atoms with Crippen molar-refractivity contribution in [3.63, 3.8) is 0 Å². The van der Waals surface area contributed by atoms with E-state index >= 15 is 0 Å². The zero-order valence-electron chi connectivity index (χ0n) is 8.87. The molecule has 0 saturated carbocycles. The third-order valence-corrected chi connectivity index (χ3v) is 3.81. The third-order valence-electron chi connectivity index (χ3n) is 2.21. The molecule has 0 aliphatic heterocycles. The van der Waals surface area contributed by atoms with Crippen LogP contribution in [0.4, 0.5) is 5.69 Å². The molecule has 2 nitrogen and oxygen atoms in total. The molecular formula is C12H12BrNOS. The van der Waals surface area contributed by atoms with Gasteiger partial charge in [0.2, 0.25) is 0 Å². The summed E-state index contributed by atoms with van der Waals surface area (Å²) in [5.74, 6) is 0.851. The van der Waals surface area contributed by atoms with E-state index in [-0.39, 0.29) is 0 Å². The van der Waals surface area contributed by atoms with E-state index in [0.717, 1.165) is 20.8 Å². The van der Waals surface area contributed by atoms with Gasteiger partial charge < -0.3 is 10.5 Å². The maximum Gasteiger partial charge on any atom is 0.124 e. The molecule has 0 aliphatic rings. The first-order valence-corrected chi connectivity index (χ1v) is 6.49. The van der Waals surface area contributed by atoms with Gasteiger partial charge in [0.1, 0.15) is 12.4 Å². The Morgan fingerprint density at radius 3 is 2.81 bits per heavy atom. The third kappa shape index (κ3) is 2.77. The Hall–Kier alpha value is -1.000. The molecule has 0 saturated heterocycles. The molecule has 0 atom stereocenters. The van der Waals surface area contributed by atoms with Gasteiger partial charge in [0.15, 0.2) is 0 Å². The topological polar surface area (TPSA) is 35.2 Å². The van der Waals surface area contributed by atoms with Gasteiger partial charge in [-0.15, -0.1) is 11.3 Å². The predicted octanol–water partition coefficient (Wildman–Crippen LogP) is 3.98. The van der Waals surface area contributed by atoms with Crippen LogP contribution in [-0.2, 0) is 6.61 Å². The fourth-order valence-electron chi connectivity index (χ4n) is 1.35. The quantitative estimate of drug-likeness (QED) is 0.870. The lowest BCUT2D eigenvalue weighted by Crippen LogP contribution is -1.96. The molecule has 16 heavy (non-hydrogen) atoms. The van der Waals surface area contributed by atoms with Gasteiger partial charge in [-0.05, 0) is 46.6 Å². The highest BCUT2D eigenvalue weighted by molar-refractivity contribution is 9.11. The van der Waals surface area contributed by atoms with Gasteiger partial charge in [-0.3, -0.25) is 0 Å². The number of anilines is 1. The Morgan fingerprint density at radius 1 is 1.31 bits per heavy atom. The zero-order valence-corrected chi connectivity index (χ0v) is 11.3. The zero-order chi connectivity index (χ0) is 11.5. The van der Waals surface area contributed by atoms with E-state index in [0.29, 0.717) is 6.61 Å². The summed E-state index contributed by atoms with van der Waals surface area (Å²) in [5, 5.41) is 0. The highest BCUT2D eigenvalue weighted by Gasteiger charge is 2.02. The normalized spacial score (nSPS) is 10.4. The van der Waals surface area contributed by atoms with Crippen LogP contribution in [0.25, 0.3) is 0 Å². The fourth-order valence-corrected chi connectivity index (χ4v) is 2.75. The number of halogens is 1. The molecule has 0 amide bonds. The summed E-state index contributed by atoms with van der Waals surface area (Å²) in [7, 11) is 0. The summed E-state index contributed by atoms with van der Waals surface area (Å²) in [5.41, 5.74) is 7.55. The first-order valence-electron chi connectivity index (χ1n) is 4.88. The van der Waals surface area contributed by atoms with Crippen molar-refractivity contribution in [1.82, 2.24) is 0 Å². The number of aryl methyl sites for hydroxylation is 1. The monoisotopic (exact) mass is 297 g/mol. The van der Waals surface area contributed by atoms with Crippen LogP contribution in [-0.4, -0.2) is 0 Å². The maximum absolute atomic E-state index is 5.73. The number of hydrogen-bond acceptors (Lipinski definition) is 3. The van der Waals surface area contributed by atoms with Crippen molar-refractivity contribution in [3.05, 3.63) is 44.6 Å². The average molecular weight is 298 g/mol. The summed E-state index contributed by atoms with van der Waals surface area (Å²) < 4.78 is 6.85. The lowest BCUT2D eigenvalue weighted by molar-refractivity contribution is 0.308. The van der Waals surface area contributed by atoms with Gasteiger partial charge in [0, 0.05) is 16.6 Å². The Labute approximate surface area is 107 Å². The molecule has 0 fully saturated rings. The largest absolute Gasteiger partial charge is 0.488 e. The van der Waals surface area contributed by atoms with Crippen LogP contribution in [0.15, 0.2) is 34.1 Å². The Kier molecular flexibility index (Phi) is 3.51. The Bertz CT molecular complexity index is 496. The van der Waals surface area contributed by atoms with Crippen LogP contribution in [0.1, 0.15) is 10.4 Å². The second-order valence-corrected chi connectivity index (χ2v) is 6.07. The van der Waals surface area contributed by atoms with E-state index in [1.807, 2.05) is 31.2 Å². The summed E-state index contributed by atoms with van der Waals surface area (Å²) in [6, 6.07) is 9.78. The number of ether oxygens (including phenoxy) is 1. The van der Waals surface area contributed by atoms with Crippen LogP contribution in [0.2, 0.25) is 0 Å². The van der Waals surface area contributed by atoms with Gasteiger partial charge in [0.05, 0.1) is 3.79 Å². The Morgan fingerprint density at radius 2 is 2.12 bits per heavy atom. The molecule has 84 valence electrons. The van der Waals surface area contributed by atoms with Crippen LogP contribution in [0.3, 0.4) is 0 Å². The van der Waals surface area contributed by atoms with Gasteiger partial charge in [-0.25, -0.2) is 0 Å². The van der Waals surface area contributed by atoms with Crippen molar-refractivity contribution in [3.8, 4) is 5.75 Å². The highest BCUT2D eigenvalue weighted by atomic mass is 79.9. The molecule has 0 unspecified atom stereocenters. The van der Waals surface area contributed by atoms with Crippen molar-refractivity contribution in [1.29, 1.82) is 0 Å². The molecular weight excluding hydrogens is 286 g/mol. The minimum Gasteiger partial charge on any atom is -0.488 e.